The molecule has 0 fully saturated rings. The van der Waals surface area contributed by atoms with Gasteiger partial charge in [0.15, 0.2) is 5.52 Å². The van der Waals surface area contributed by atoms with Gasteiger partial charge in [0.05, 0.1) is 29.4 Å². The lowest BCUT2D eigenvalue weighted by Crippen LogP contribution is -2.31. The fraction of sp³-hybridized carbons (Fsp3) is 0.455. The average Bonchev–Trinajstić information content (AvgIpc) is 3.10. The van der Waals surface area contributed by atoms with E-state index in [-0.39, 0.29) is 22.9 Å². The minimum atomic E-state index is -4.24. The zero-order valence-electron chi connectivity index (χ0n) is 19.7. The number of benzene rings is 1. The number of hydrogen-bond donors (Lipinski definition) is 2. The molecule has 0 aliphatic heterocycles. The summed E-state index contributed by atoms with van der Waals surface area (Å²) in [4.78, 5) is 31.9. The van der Waals surface area contributed by atoms with Crippen LogP contribution in [0.25, 0.3) is 22.4 Å². The van der Waals surface area contributed by atoms with Crippen LogP contribution in [0.5, 0.6) is 5.75 Å². The molecule has 0 radical (unpaired) electrons. The van der Waals surface area contributed by atoms with E-state index in [9.17, 15) is 18.0 Å². The number of sulfonamides is 1. The summed E-state index contributed by atoms with van der Waals surface area (Å²) in [7, 11) is -2.57. The first-order chi connectivity index (χ1) is 16.2. The Morgan fingerprint density at radius 1 is 1.21 bits per heavy atom. The minimum absolute atomic E-state index is 0.114. The SMILES string of the molecule is CCCCOC(=O)NS(=O)(=O)c1ccc(OCC)c(-c2nc3c(CCC)nn(C)c3c(=O)[nH]2)c1. The van der Waals surface area contributed by atoms with Crippen molar-refractivity contribution in [1.29, 1.82) is 0 Å². The van der Waals surface area contributed by atoms with E-state index in [1.807, 2.05) is 18.6 Å². The molecule has 2 heterocycles. The number of hydrogen-bond acceptors (Lipinski definition) is 8. The quantitative estimate of drug-likeness (QED) is 0.412. The van der Waals surface area contributed by atoms with Gasteiger partial charge in [0.25, 0.3) is 15.6 Å². The van der Waals surface area contributed by atoms with Crippen LogP contribution in [0.3, 0.4) is 0 Å². The van der Waals surface area contributed by atoms with E-state index in [1.165, 1.54) is 22.9 Å². The van der Waals surface area contributed by atoms with E-state index in [4.69, 9.17) is 9.47 Å². The monoisotopic (exact) mass is 491 g/mol. The van der Waals surface area contributed by atoms with Crippen LogP contribution < -0.4 is 15.0 Å². The number of aryl methyl sites for hydroxylation is 2. The van der Waals surface area contributed by atoms with Crippen molar-refractivity contribution in [2.24, 2.45) is 7.05 Å². The van der Waals surface area contributed by atoms with Gasteiger partial charge in [-0.15, -0.1) is 0 Å². The van der Waals surface area contributed by atoms with Crippen molar-refractivity contribution < 1.29 is 22.7 Å². The maximum Gasteiger partial charge on any atom is 0.421 e. The van der Waals surface area contributed by atoms with Gasteiger partial charge in [0.1, 0.15) is 17.1 Å². The molecule has 0 saturated heterocycles. The van der Waals surface area contributed by atoms with E-state index >= 15 is 0 Å². The van der Waals surface area contributed by atoms with Crippen molar-refractivity contribution >= 4 is 27.1 Å². The first-order valence-electron chi connectivity index (χ1n) is 11.1. The van der Waals surface area contributed by atoms with Crippen molar-refractivity contribution in [1.82, 2.24) is 24.5 Å². The Balaban J connectivity index is 2.08. The van der Waals surface area contributed by atoms with E-state index in [0.29, 0.717) is 41.9 Å². The number of carbonyl (C=O) groups excluding carboxylic acids is 1. The Labute approximate surface area is 197 Å². The van der Waals surface area contributed by atoms with Crippen LogP contribution in [0.15, 0.2) is 27.9 Å². The Morgan fingerprint density at radius 3 is 2.65 bits per heavy atom. The van der Waals surface area contributed by atoms with E-state index in [2.05, 4.69) is 15.1 Å². The van der Waals surface area contributed by atoms with Gasteiger partial charge in [0, 0.05) is 7.05 Å². The van der Waals surface area contributed by atoms with Crippen LogP contribution in [-0.2, 0) is 28.2 Å². The summed E-state index contributed by atoms with van der Waals surface area (Å²) in [5.41, 5.74) is 1.28. The highest BCUT2D eigenvalue weighted by Crippen LogP contribution is 2.31. The number of nitrogens with zero attached hydrogens (tertiary/aromatic N) is 3. The molecule has 1 amide bonds. The minimum Gasteiger partial charge on any atom is -0.493 e. The van der Waals surface area contributed by atoms with Crippen molar-refractivity contribution in [3.63, 3.8) is 0 Å². The molecule has 0 aliphatic rings. The van der Waals surface area contributed by atoms with Crippen LogP contribution in [0.4, 0.5) is 4.79 Å². The van der Waals surface area contributed by atoms with Crippen LogP contribution in [-0.4, -0.2) is 47.5 Å². The van der Waals surface area contributed by atoms with E-state index < -0.39 is 21.7 Å². The Morgan fingerprint density at radius 2 is 1.97 bits per heavy atom. The molecule has 12 heteroatoms. The number of fused-ring (bicyclic) bond motifs is 1. The topological polar surface area (TPSA) is 145 Å². The van der Waals surface area contributed by atoms with Crippen LogP contribution in [0.1, 0.15) is 45.7 Å². The second-order valence-electron chi connectivity index (χ2n) is 7.62. The summed E-state index contributed by atoms with van der Waals surface area (Å²) in [6.45, 7) is 6.12. The lowest BCUT2D eigenvalue weighted by molar-refractivity contribution is 0.151. The Kier molecular flexibility index (Phi) is 7.92. The van der Waals surface area contributed by atoms with Gasteiger partial charge in [-0.25, -0.2) is 22.9 Å². The first kappa shape index (κ1) is 25.2. The molecule has 2 aromatic heterocycles. The molecular formula is C22H29N5O6S. The molecule has 2 N–H and O–H groups in total. The van der Waals surface area contributed by atoms with Crippen molar-refractivity contribution in [2.75, 3.05) is 13.2 Å². The summed E-state index contributed by atoms with van der Waals surface area (Å²) in [5, 5.41) is 4.40. The Hall–Kier alpha value is -3.41. The Bertz CT molecular complexity index is 1350. The van der Waals surface area contributed by atoms with Crippen LogP contribution in [0.2, 0.25) is 0 Å². The number of ether oxygens (including phenoxy) is 2. The fourth-order valence-electron chi connectivity index (χ4n) is 3.43. The van der Waals surface area contributed by atoms with Gasteiger partial charge in [0.2, 0.25) is 0 Å². The number of rotatable bonds is 10. The molecule has 11 nitrogen and oxygen atoms in total. The zero-order valence-corrected chi connectivity index (χ0v) is 20.5. The number of carbonyl (C=O) groups is 1. The van der Waals surface area contributed by atoms with Gasteiger partial charge < -0.3 is 14.5 Å². The third-order valence-electron chi connectivity index (χ3n) is 5.01. The number of aromatic nitrogens is 4. The predicted molar refractivity (Wildman–Crippen MR) is 126 cm³/mol. The van der Waals surface area contributed by atoms with Gasteiger partial charge >= 0.3 is 6.09 Å². The second kappa shape index (κ2) is 10.7. The van der Waals surface area contributed by atoms with Crippen molar-refractivity contribution in [3.05, 3.63) is 34.2 Å². The highest BCUT2D eigenvalue weighted by atomic mass is 32.2. The molecule has 0 unspecified atom stereocenters. The second-order valence-corrected chi connectivity index (χ2v) is 9.30. The average molecular weight is 492 g/mol. The van der Waals surface area contributed by atoms with Gasteiger partial charge in [-0.1, -0.05) is 26.7 Å². The molecule has 184 valence electrons. The molecule has 0 atom stereocenters. The molecule has 0 aliphatic carbocycles. The summed E-state index contributed by atoms with van der Waals surface area (Å²) < 4.78 is 39.5. The number of unbranched alkanes of at least 4 members (excludes halogenated alkanes) is 1. The number of aromatic amines is 1. The lowest BCUT2D eigenvalue weighted by atomic mass is 10.1. The van der Waals surface area contributed by atoms with Gasteiger partial charge in [-0.3, -0.25) is 9.48 Å². The standard InChI is InChI=1S/C22H29N5O6S/c1-5-8-12-33-22(29)26-34(30,31)14-10-11-17(32-7-3)15(13-14)20-23-18-16(9-6-2)25-27(4)19(18)21(28)24-20/h10-11,13H,5-9,12H2,1-4H3,(H,26,29)(H,23,24,28). The molecule has 3 rings (SSSR count). The van der Waals surface area contributed by atoms with Gasteiger partial charge in [-0.05, 0) is 38.0 Å². The smallest absolute Gasteiger partial charge is 0.421 e. The molecule has 0 spiro atoms. The van der Waals surface area contributed by atoms with E-state index in [1.54, 1.807) is 14.0 Å². The highest BCUT2D eigenvalue weighted by molar-refractivity contribution is 7.90. The highest BCUT2D eigenvalue weighted by Gasteiger charge is 2.23. The number of amides is 1. The normalized spacial score (nSPS) is 11.5. The largest absolute Gasteiger partial charge is 0.493 e. The third kappa shape index (κ3) is 5.38. The fourth-order valence-corrected chi connectivity index (χ4v) is 4.35. The third-order valence-corrected chi connectivity index (χ3v) is 6.32. The molecule has 3 aromatic rings. The van der Waals surface area contributed by atoms with Crippen molar-refractivity contribution in [3.8, 4) is 17.1 Å². The van der Waals surface area contributed by atoms with Gasteiger partial charge in [-0.2, -0.15) is 5.10 Å². The summed E-state index contributed by atoms with van der Waals surface area (Å²) in [5.74, 6) is 0.462. The number of nitrogens with one attached hydrogen (secondary N) is 2. The molecule has 1 aromatic carbocycles. The van der Waals surface area contributed by atoms with Crippen molar-refractivity contribution in [2.45, 2.75) is 51.3 Å². The molecule has 34 heavy (non-hydrogen) atoms. The molecular weight excluding hydrogens is 462 g/mol. The molecule has 0 saturated carbocycles. The number of H-pyrrole nitrogens is 1. The summed E-state index contributed by atoms with van der Waals surface area (Å²) >= 11 is 0. The lowest BCUT2D eigenvalue weighted by Gasteiger charge is -2.13. The first-order valence-corrected chi connectivity index (χ1v) is 12.6. The predicted octanol–water partition coefficient (Wildman–Crippen LogP) is 2.89. The summed E-state index contributed by atoms with van der Waals surface area (Å²) in [6, 6.07) is 4.06. The zero-order chi connectivity index (χ0) is 24.9. The maximum absolute atomic E-state index is 12.8. The van der Waals surface area contributed by atoms with Crippen LogP contribution in [0, 0.1) is 0 Å². The van der Waals surface area contributed by atoms with E-state index in [0.717, 1.165) is 12.8 Å². The van der Waals surface area contributed by atoms with Crippen LogP contribution >= 0.6 is 0 Å². The molecule has 0 bridgehead atoms. The summed E-state index contributed by atoms with van der Waals surface area (Å²) in [6.07, 6.45) is 1.81. The maximum atomic E-state index is 12.8.